The van der Waals surface area contributed by atoms with Crippen LogP contribution in [0.25, 0.3) is 0 Å². The van der Waals surface area contributed by atoms with Crippen LogP contribution in [0.2, 0.25) is 0 Å². The SMILES string of the molecule is NC(=O)NN1C2CCCC21. The van der Waals surface area contributed by atoms with Crippen molar-refractivity contribution in [1.82, 2.24) is 10.4 Å². The Morgan fingerprint density at radius 1 is 1.50 bits per heavy atom. The Morgan fingerprint density at radius 2 is 2.10 bits per heavy atom. The van der Waals surface area contributed by atoms with Gasteiger partial charge in [0.05, 0.1) is 0 Å². The van der Waals surface area contributed by atoms with E-state index >= 15 is 0 Å². The van der Waals surface area contributed by atoms with Crippen molar-refractivity contribution >= 4 is 6.03 Å². The van der Waals surface area contributed by atoms with Gasteiger partial charge in [-0.25, -0.2) is 9.80 Å². The summed E-state index contributed by atoms with van der Waals surface area (Å²) in [5.41, 5.74) is 7.54. The Bertz CT molecular complexity index is 160. The molecular formula is C6H11N3O. The highest BCUT2D eigenvalue weighted by Crippen LogP contribution is 2.39. The first-order valence-corrected chi connectivity index (χ1v) is 3.63. The third kappa shape index (κ3) is 0.759. The lowest BCUT2D eigenvalue weighted by molar-refractivity contribution is 0.227. The van der Waals surface area contributed by atoms with E-state index in [2.05, 4.69) is 5.43 Å². The van der Waals surface area contributed by atoms with Crippen LogP contribution < -0.4 is 11.2 Å². The van der Waals surface area contributed by atoms with Crippen LogP contribution in [-0.2, 0) is 0 Å². The number of rotatable bonds is 1. The smallest absolute Gasteiger partial charge is 0.326 e. The fourth-order valence-electron chi connectivity index (χ4n) is 1.83. The van der Waals surface area contributed by atoms with Crippen molar-refractivity contribution in [3.63, 3.8) is 0 Å². The number of hydrazine groups is 1. The number of nitrogens with two attached hydrogens (primary N) is 1. The largest absolute Gasteiger partial charge is 0.351 e. The maximum atomic E-state index is 10.4. The second-order valence-electron chi connectivity index (χ2n) is 2.95. The predicted molar refractivity (Wildman–Crippen MR) is 36.0 cm³/mol. The lowest BCUT2D eigenvalue weighted by Gasteiger charge is -2.05. The fraction of sp³-hybridized carbons (Fsp3) is 0.833. The van der Waals surface area contributed by atoms with Crippen molar-refractivity contribution in [3.05, 3.63) is 0 Å². The molecule has 4 nitrogen and oxygen atoms in total. The van der Waals surface area contributed by atoms with Crippen molar-refractivity contribution in [2.45, 2.75) is 31.3 Å². The Morgan fingerprint density at radius 3 is 2.60 bits per heavy atom. The van der Waals surface area contributed by atoms with Gasteiger partial charge in [0.25, 0.3) is 0 Å². The van der Waals surface area contributed by atoms with Gasteiger partial charge in [0.15, 0.2) is 0 Å². The molecule has 1 saturated carbocycles. The minimum Gasteiger partial charge on any atom is -0.351 e. The Kier molecular flexibility index (Phi) is 1.11. The zero-order valence-corrected chi connectivity index (χ0v) is 5.71. The third-order valence-corrected chi connectivity index (χ3v) is 2.31. The van der Waals surface area contributed by atoms with Gasteiger partial charge >= 0.3 is 6.03 Å². The fourth-order valence-corrected chi connectivity index (χ4v) is 1.83. The molecule has 0 aromatic heterocycles. The number of fused-ring (bicyclic) bond motifs is 1. The molecule has 2 rings (SSSR count). The average Bonchev–Trinajstić information content (AvgIpc) is 2.40. The monoisotopic (exact) mass is 141 g/mol. The summed E-state index contributed by atoms with van der Waals surface area (Å²) in [6, 6.07) is 0.773. The summed E-state index contributed by atoms with van der Waals surface area (Å²) >= 11 is 0. The third-order valence-electron chi connectivity index (χ3n) is 2.31. The number of nitrogens with zero attached hydrogens (tertiary/aromatic N) is 1. The number of urea groups is 1. The minimum atomic E-state index is -0.436. The second-order valence-corrected chi connectivity index (χ2v) is 2.95. The lowest BCUT2D eigenvalue weighted by atomic mass is 10.3. The zero-order chi connectivity index (χ0) is 7.14. The first-order chi connectivity index (χ1) is 4.79. The molecule has 1 heterocycles. The maximum Gasteiger partial charge on any atom is 0.326 e. The van der Waals surface area contributed by atoms with Gasteiger partial charge in [-0.15, -0.1) is 0 Å². The van der Waals surface area contributed by atoms with Crippen LogP contribution in [-0.4, -0.2) is 23.1 Å². The molecule has 0 spiro atoms. The number of hydrogen-bond donors (Lipinski definition) is 2. The van der Waals surface area contributed by atoms with E-state index in [4.69, 9.17) is 5.73 Å². The zero-order valence-electron chi connectivity index (χ0n) is 5.71. The van der Waals surface area contributed by atoms with Gasteiger partial charge in [-0.05, 0) is 12.8 Å². The van der Waals surface area contributed by atoms with E-state index in [1.807, 2.05) is 5.01 Å². The molecule has 0 aromatic rings. The molecule has 2 fully saturated rings. The lowest BCUT2D eigenvalue weighted by Crippen LogP contribution is -2.36. The van der Waals surface area contributed by atoms with E-state index in [0.717, 1.165) is 0 Å². The first-order valence-electron chi connectivity index (χ1n) is 3.63. The molecule has 56 valence electrons. The van der Waals surface area contributed by atoms with Gasteiger partial charge in [-0.1, -0.05) is 6.42 Å². The van der Waals surface area contributed by atoms with Crippen molar-refractivity contribution in [3.8, 4) is 0 Å². The number of carbonyl (C=O) groups is 1. The summed E-state index contributed by atoms with van der Waals surface area (Å²) in [6.45, 7) is 0. The molecule has 0 aromatic carbocycles. The number of carbonyl (C=O) groups excluding carboxylic acids is 1. The number of nitrogens with one attached hydrogen (secondary N) is 1. The number of hydrogen-bond acceptors (Lipinski definition) is 2. The molecule has 2 aliphatic rings. The normalized spacial score (nSPS) is 42.6. The van der Waals surface area contributed by atoms with Crippen molar-refractivity contribution in [2.75, 3.05) is 0 Å². The number of primary amides is 1. The molecule has 0 bridgehead atoms. The summed E-state index contributed by atoms with van der Waals surface area (Å²) in [6.07, 6.45) is 3.72. The first kappa shape index (κ1) is 5.97. The van der Waals surface area contributed by atoms with E-state index in [9.17, 15) is 4.79 Å². The van der Waals surface area contributed by atoms with Crippen LogP contribution in [0.1, 0.15) is 19.3 Å². The minimum absolute atomic E-state index is 0.436. The molecule has 1 aliphatic carbocycles. The summed E-state index contributed by atoms with van der Waals surface area (Å²) in [7, 11) is 0. The molecule has 1 saturated heterocycles. The predicted octanol–water partition coefficient (Wildman–Crippen LogP) is -0.194. The quantitative estimate of drug-likeness (QED) is 0.497. The Balaban J connectivity index is 1.84. The molecule has 2 unspecified atom stereocenters. The standard InChI is InChI=1S/C6H11N3O/c7-6(10)8-9-4-2-1-3-5(4)9/h4-5H,1-3H2,(H3,7,8,10). The van der Waals surface area contributed by atoms with Gasteiger partial charge < -0.3 is 5.73 Å². The van der Waals surface area contributed by atoms with Gasteiger partial charge in [-0.2, -0.15) is 0 Å². The number of piperidine rings is 1. The Hall–Kier alpha value is -0.770. The van der Waals surface area contributed by atoms with Crippen molar-refractivity contribution in [1.29, 1.82) is 0 Å². The summed E-state index contributed by atoms with van der Waals surface area (Å²) in [5, 5.41) is 1.95. The highest BCUT2D eigenvalue weighted by molar-refractivity contribution is 5.71. The molecule has 3 N–H and O–H groups in total. The molecule has 0 radical (unpaired) electrons. The van der Waals surface area contributed by atoms with E-state index < -0.39 is 6.03 Å². The van der Waals surface area contributed by atoms with E-state index in [0.29, 0.717) is 12.1 Å². The highest BCUT2D eigenvalue weighted by atomic mass is 16.2. The highest BCUT2D eigenvalue weighted by Gasteiger charge is 2.51. The van der Waals surface area contributed by atoms with Gasteiger partial charge in [0.2, 0.25) is 0 Å². The van der Waals surface area contributed by atoms with E-state index in [1.165, 1.54) is 19.3 Å². The van der Waals surface area contributed by atoms with E-state index in [-0.39, 0.29) is 0 Å². The summed E-state index contributed by atoms with van der Waals surface area (Å²) < 4.78 is 0. The average molecular weight is 141 g/mol. The maximum absolute atomic E-state index is 10.4. The van der Waals surface area contributed by atoms with Gasteiger partial charge in [0.1, 0.15) is 0 Å². The van der Waals surface area contributed by atoms with Crippen LogP contribution in [0.15, 0.2) is 0 Å². The van der Waals surface area contributed by atoms with Crippen LogP contribution in [0, 0.1) is 0 Å². The van der Waals surface area contributed by atoms with Crippen LogP contribution in [0.4, 0.5) is 4.79 Å². The number of amides is 2. The Labute approximate surface area is 59.3 Å². The molecule has 1 aliphatic heterocycles. The topological polar surface area (TPSA) is 58.1 Å². The van der Waals surface area contributed by atoms with E-state index in [1.54, 1.807) is 0 Å². The molecule has 4 heteroatoms. The van der Waals surface area contributed by atoms with Crippen LogP contribution >= 0.6 is 0 Å². The molecule has 2 amide bonds. The van der Waals surface area contributed by atoms with Crippen molar-refractivity contribution < 1.29 is 4.79 Å². The van der Waals surface area contributed by atoms with Crippen molar-refractivity contribution in [2.24, 2.45) is 5.73 Å². The molecular weight excluding hydrogens is 130 g/mol. The molecule has 10 heavy (non-hydrogen) atoms. The molecule has 2 atom stereocenters. The summed E-state index contributed by atoms with van der Waals surface area (Å²) in [5.74, 6) is 0. The van der Waals surface area contributed by atoms with Gasteiger partial charge in [0, 0.05) is 12.1 Å². The van der Waals surface area contributed by atoms with Crippen LogP contribution in [0.3, 0.4) is 0 Å². The van der Waals surface area contributed by atoms with Gasteiger partial charge in [-0.3, -0.25) is 5.43 Å². The van der Waals surface area contributed by atoms with Crippen LogP contribution in [0.5, 0.6) is 0 Å². The second kappa shape index (κ2) is 1.85. The summed E-state index contributed by atoms with van der Waals surface area (Å²) in [4.78, 5) is 10.4.